The van der Waals surface area contributed by atoms with Crippen molar-refractivity contribution in [1.82, 2.24) is 4.98 Å². The molecule has 1 aromatic heterocycles. The van der Waals surface area contributed by atoms with Gasteiger partial charge in [-0.2, -0.15) is 0 Å². The zero-order chi connectivity index (χ0) is 24.5. The highest BCUT2D eigenvalue weighted by Gasteiger charge is 2.37. The van der Waals surface area contributed by atoms with E-state index in [1.807, 2.05) is 78.9 Å². The van der Waals surface area contributed by atoms with Crippen LogP contribution >= 0.6 is 7.60 Å². The summed E-state index contributed by atoms with van der Waals surface area (Å²) in [6.45, 7) is 4.59. The third-order valence-electron chi connectivity index (χ3n) is 5.54. The van der Waals surface area contributed by atoms with Gasteiger partial charge in [-0.05, 0) is 37.0 Å². The molecule has 0 atom stereocenters. The Hall–Kier alpha value is -3.18. The standard InChI is InChI=1S/C28H31N2O4P/c1-3-32-35(31,33-4-2)28-27(29-21-20-22-14-8-5-9-15-22)34-26(30-28)25(23-16-10-6-11-17-23)24-18-12-7-13-19-24/h5-19,25,29H,3-4,20-21H2,1-2H3. The number of nitrogens with zero attached hydrogens (tertiary/aromatic N) is 1. The number of hydrogen-bond acceptors (Lipinski definition) is 6. The fraction of sp³-hybridized carbons (Fsp3) is 0.250. The van der Waals surface area contributed by atoms with Gasteiger partial charge in [0.15, 0.2) is 0 Å². The van der Waals surface area contributed by atoms with Crippen molar-refractivity contribution < 1.29 is 18.0 Å². The van der Waals surface area contributed by atoms with E-state index < -0.39 is 7.60 Å². The molecular formula is C28H31N2O4P. The van der Waals surface area contributed by atoms with Gasteiger partial charge in [-0.25, -0.2) is 4.98 Å². The lowest BCUT2D eigenvalue weighted by atomic mass is 9.91. The molecule has 0 aliphatic carbocycles. The maximum Gasteiger partial charge on any atom is 0.385 e. The van der Waals surface area contributed by atoms with E-state index >= 15 is 0 Å². The molecule has 0 saturated carbocycles. The van der Waals surface area contributed by atoms with Gasteiger partial charge in [0.1, 0.15) is 0 Å². The topological polar surface area (TPSA) is 73.6 Å². The van der Waals surface area contributed by atoms with E-state index in [9.17, 15) is 4.57 Å². The van der Waals surface area contributed by atoms with Gasteiger partial charge in [0.05, 0.1) is 19.1 Å². The van der Waals surface area contributed by atoms with Crippen LogP contribution in [0, 0.1) is 0 Å². The first-order chi connectivity index (χ1) is 17.1. The van der Waals surface area contributed by atoms with Crippen molar-refractivity contribution in [3.05, 3.63) is 114 Å². The lowest BCUT2D eigenvalue weighted by Gasteiger charge is -2.16. The van der Waals surface area contributed by atoms with Crippen molar-refractivity contribution in [3.8, 4) is 0 Å². The number of aromatic nitrogens is 1. The van der Waals surface area contributed by atoms with Crippen molar-refractivity contribution in [3.63, 3.8) is 0 Å². The Bertz CT molecular complexity index is 1180. The number of nitrogens with one attached hydrogen (secondary N) is 1. The predicted molar refractivity (Wildman–Crippen MR) is 139 cm³/mol. The van der Waals surface area contributed by atoms with Crippen LogP contribution in [0.5, 0.6) is 0 Å². The first-order valence-corrected chi connectivity index (χ1v) is 13.5. The van der Waals surface area contributed by atoms with E-state index in [0.29, 0.717) is 18.3 Å². The van der Waals surface area contributed by atoms with Gasteiger partial charge in [0.25, 0.3) is 0 Å². The summed E-state index contributed by atoms with van der Waals surface area (Å²) >= 11 is 0. The average Bonchev–Trinajstić information content (AvgIpc) is 3.31. The fourth-order valence-corrected chi connectivity index (χ4v) is 5.58. The molecule has 0 unspecified atom stereocenters. The van der Waals surface area contributed by atoms with Gasteiger partial charge in [0, 0.05) is 6.54 Å². The van der Waals surface area contributed by atoms with Crippen LogP contribution in [0.3, 0.4) is 0 Å². The summed E-state index contributed by atoms with van der Waals surface area (Å²) in [5.74, 6) is 0.467. The average molecular weight is 491 g/mol. The molecular weight excluding hydrogens is 459 g/mol. The van der Waals surface area contributed by atoms with Crippen LogP contribution in [0.2, 0.25) is 0 Å². The van der Waals surface area contributed by atoms with Crippen LogP contribution in [-0.2, 0) is 20.0 Å². The summed E-state index contributed by atoms with van der Waals surface area (Å²) in [5, 5.41) is 3.30. The maximum atomic E-state index is 13.8. The van der Waals surface area contributed by atoms with E-state index in [-0.39, 0.29) is 24.6 Å². The predicted octanol–water partition coefficient (Wildman–Crippen LogP) is 6.40. The molecule has 0 saturated heterocycles. The Morgan fingerprint density at radius 2 is 1.34 bits per heavy atom. The quantitative estimate of drug-likeness (QED) is 0.232. The van der Waals surface area contributed by atoms with Crippen molar-refractivity contribution in [1.29, 1.82) is 0 Å². The zero-order valence-electron chi connectivity index (χ0n) is 20.1. The molecule has 1 heterocycles. The normalized spacial score (nSPS) is 11.6. The highest BCUT2D eigenvalue weighted by atomic mass is 31.2. The van der Waals surface area contributed by atoms with Crippen LogP contribution < -0.4 is 10.8 Å². The first-order valence-electron chi connectivity index (χ1n) is 11.9. The van der Waals surface area contributed by atoms with E-state index in [1.54, 1.807) is 13.8 Å². The molecule has 0 fully saturated rings. The van der Waals surface area contributed by atoms with E-state index in [1.165, 1.54) is 5.56 Å². The number of oxazole rings is 1. The molecule has 0 aliphatic rings. The Morgan fingerprint density at radius 1 is 0.829 bits per heavy atom. The van der Waals surface area contributed by atoms with Gasteiger partial charge < -0.3 is 18.8 Å². The molecule has 0 spiro atoms. The number of benzene rings is 3. The van der Waals surface area contributed by atoms with Crippen molar-refractivity contribution in [2.24, 2.45) is 0 Å². The van der Waals surface area contributed by atoms with Crippen LogP contribution in [0.1, 0.15) is 42.3 Å². The largest absolute Gasteiger partial charge is 0.423 e. The van der Waals surface area contributed by atoms with Gasteiger partial charge in [0.2, 0.25) is 17.2 Å². The van der Waals surface area contributed by atoms with E-state index in [0.717, 1.165) is 17.5 Å². The molecule has 1 N–H and O–H groups in total. The lowest BCUT2D eigenvalue weighted by molar-refractivity contribution is 0.229. The van der Waals surface area contributed by atoms with E-state index in [4.69, 9.17) is 18.4 Å². The Kier molecular flexibility index (Phi) is 8.54. The molecule has 3 aromatic carbocycles. The van der Waals surface area contributed by atoms with Crippen molar-refractivity contribution in [2.75, 3.05) is 25.1 Å². The molecule has 0 radical (unpaired) electrons. The molecule has 0 bridgehead atoms. The fourth-order valence-electron chi connectivity index (χ4n) is 3.99. The van der Waals surface area contributed by atoms with Crippen molar-refractivity contribution in [2.45, 2.75) is 26.2 Å². The third kappa shape index (κ3) is 6.09. The van der Waals surface area contributed by atoms with Gasteiger partial charge >= 0.3 is 7.60 Å². The SMILES string of the molecule is CCOP(=O)(OCC)c1nc(C(c2ccccc2)c2ccccc2)oc1NCCc1ccccc1. The number of rotatable bonds is 12. The monoisotopic (exact) mass is 490 g/mol. The summed E-state index contributed by atoms with van der Waals surface area (Å²) in [4.78, 5) is 4.76. The second kappa shape index (κ2) is 12.0. The minimum absolute atomic E-state index is 0.182. The zero-order valence-corrected chi connectivity index (χ0v) is 21.0. The second-order valence-electron chi connectivity index (χ2n) is 7.95. The van der Waals surface area contributed by atoms with Crippen LogP contribution in [0.15, 0.2) is 95.4 Å². The van der Waals surface area contributed by atoms with Crippen LogP contribution in [0.25, 0.3) is 0 Å². The molecule has 182 valence electrons. The molecule has 35 heavy (non-hydrogen) atoms. The summed E-state index contributed by atoms with van der Waals surface area (Å²) in [7, 11) is -3.69. The summed E-state index contributed by atoms with van der Waals surface area (Å²) < 4.78 is 31.4. The van der Waals surface area contributed by atoms with Crippen molar-refractivity contribution >= 4 is 18.9 Å². The Morgan fingerprint density at radius 3 is 1.86 bits per heavy atom. The lowest BCUT2D eigenvalue weighted by Crippen LogP contribution is -2.18. The maximum absolute atomic E-state index is 13.8. The molecule has 7 heteroatoms. The Labute approximate surface area is 206 Å². The molecule has 4 rings (SSSR count). The van der Waals surface area contributed by atoms with Gasteiger partial charge in [-0.3, -0.25) is 4.57 Å². The summed E-state index contributed by atoms with van der Waals surface area (Å²) in [5.41, 5.74) is 3.40. The highest BCUT2D eigenvalue weighted by Crippen LogP contribution is 2.49. The van der Waals surface area contributed by atoms with Gasteiger partial charge in [-0.15, -0.1) is 0 Å². The number of hydrogen-bond donors (Lipinski definition) is 1. The third-order valence-corrected chi connectivity index (χ3v) is 7.56. The molecule has 0 amide bonds. The van der Waals surface area contributed by atoms with Crippen LogP contribution in [-0.4, -0.2) is 24.7 Å². The second-order valence-corrected chi connectivity index (χ2v) is 9.89. The van der Waals surface area contributed by atoms with Gasteiger partial charge in [-0.1, -0.05) is 91.0 Å². The first kappa shape index (κ1) is 24.9. The van der Waals surface area contributed by atoms with E-state index in [2.05, 4.69) is 17.4 Å². The highest BCUT2D eigenvalue weighted by molar-refractivity contribution is 7.62. The molecule has 6 nitrogen and oxygen atoms in total. The minimum Gasteiger partial charge on any atom is -0.423 e. The smallest absolute Gasteiger partial charge is 0.385 e. The summed E-state index contributed by atoms with van der Waals surface area (Å²) in [6, 6.07) is 30.2. The summed E-state index contributed by atoms with van der Waals surface area (Å²) in [6.07, 6.45) is 0.769. The van der Waals surface area contributed by atoms with Crippen LogP contribution in [0.4, 0.5) is 5.88 Å². The molecule has 4 aromatic rings. The molecule has 0 aliphatic heterocycles. The number of anilines is 1. The minimum atomic E-state index is -3.69. The Balaban J connectivity index is 1.75.